The van der Waals surface area contributed by atoms with Crippen LogP contribution >= 0.6 is 12.2 Å². The lowest BCUT2D eigenvalue weighted by atomic mass is 10.0. The summed E-state index contributed by atoms with van der Waals surface area (Å²) in [6, 6.07) is 3.71. The summed E-state index contributed by atoms with van der Waals surface area (Å²) in [5.74, 6) is 0. The topological polar surface area (TPSA) is 69.4 Å². The largest absolute Gasteiger partial charge is 0.388 e. The van der Waals surface area contributed by atoms with Crippen LogP contribution in [0.5, 0.6) is 0 Å². The second kappa shape index (κ2) is 5.60. The van der Waals surface area contributed by atoms with Crippen molar-refractivity contribution in [2.45, 2.75) is 12.0 Å². The highest BCUT2D eigenvalue weighted by Crippen LogP contribution is 2.23. The molecule has 1 saturated heterocycles. The number of nitrogens with one attached hydrogen (secondary N) is 1. The third-order valence-electron chi connectivity index (χ3n) is 3.13. The van der Waals surface area contributed by atoms with E-state index >= 15 is 0 Å². The number of anilines is 1. The number of hydrogen-bond donors (Lipinski definition) is 2. The van der Waals surface area contributed by atoms with Crippen molar-refractivity contribution in [2.75, 3.05) is 32.2 Å². The monoisotopic (exact) mass is 267 g/mol. The summed E-state index contributed by atoms with van der Waals surface area (Å²) in [5.41, 5.74) is 6.85. The predicted molar refractivity (Wildman–Crippen MR) is 73.8 cm³/mol. The van der Waals surface area contributed by atoms with E-state index in [0.717, 1.165) is 18.7 Å². The number of methoxy groups -OCH3 is 1. The van der Waals surface area contributed by atoms with Gasteiger partial charge < -0.3 is 20.5 Å². The van der Waals surface area contributed by atoms with E-state index in [0.29, 0.717) is 23.8 Å². The summed E-state index contributed by atoms with van der Waals surface area (Å²) < 4.78 is 10.9. The lowest BCUT2D eigenvalue weighted by Gasteiger charge is -2.26. The van der Waals surface area contributed by atoms with Gasteiger partial charge in [-0.2, -0.15) is 0 Å². The molecule has 1 unspecified atom stereocenters. The van der Waals surface area contributed by atoms with Gasteiger partial charge >= 0.3 is 0 Å². The number of ether oxygens (including phenoxy) is 2. The van der Waals surface area contributed by atoms with Gasteiger partial charge in [0.15, 0.2) is 0 Å². The normalized spacial score (nSPS) is 22.9. The quantitative estimate of drug-likeness (QED) is 0.774. The molecule has 98 valence electrons. The van der Waals surface area contributed by atoms with E-state index in [1.54, 1.807) is 13.3 Å². The highest BCUT2D eigenvalue weighted by Gasteiger charge is 2.34. The van der Waals surface area contributed by atoms with Crippen LogP contribution in [-0.4, -0.2) is 42.4 Å². The van der Waals surface area contributed by atoms with E-state index in [4.69, 9.17) is 27.4 Å². The second-order valence-electron chi connectivity index (χ2n) is 4.34. The zero-order chi connectivity index (χ0) is 13.0. The summed E-state index contributed by atoms with van der Waals surface area (Å²) in [5, 5.41) is 3.31. The molecule has 2 heterocycles. The number of pyridine rings is 1. The van der Waals surface area contributed by atoms with Crippen LogP contribution in [0.25, 0.3) is 0 Å². The van der Waals surface area contributed by atoms with Gasteiger partial charge in [0, 0.05) is 38.6 Å². The Morgan fingerprint density at radius 2 is 2.56 bits per heavy atom. The molecule has 1 aromatic rings. The molecule has 5 nitrogen and oxygen atoms in total. The molecule has 0 aromatic carbocycles. The Morgan fingerprint density at radius 1 is 1.72 bits per heavy atom. The first-order valence-corrected chi connectivity index (χ1v) is 6.19. The van der Waals surface area contributed by atoms with Crippen molar-refractivity contribution < 1.29 is 9.47 Å². The van der Waals surface area contributed by atoms with Gasteiger partial charge in [-0.1, -0.05) is 12.2 Å². The summed E-state index contributed by atoms with van der Waals surface area (Å²) in [7, 11) is 1.71. The van der Waals surface area contributed by atoms with Crippen LogP contribution < -0.4 is 11.1 Å². The van der Waals surface area contributed by atoms with E-state index in [1.807, 2.05) is 12.1 Å². The molecule has 1 atom stereocenters. The Balaban J connectivity index is 2.01. The van der Waals surface area contributed by atoms with Gasteiger partial charge in [0.25, 0.3) is 0 Å². The maximum Gasteiger partial charge on any atom is 0.122 e. The van der Waals surface area contributed by atoms with Gasteiger partial charge in [0.1, 0.15) is 10.6 Å². The fraction of sp³-hybridized carbons (Fsp3) is 0.500. The third kappa shape index (κ3) is 2.95. The van der Waals surface area contributed by atoms with Crippen molar-refractivity contribution in [1.29, 1.82) is 0 Å². The first-order chi connectivity index (χ1) is 8.65. The number of rotatable bonds is 5. The van der Waals surface area contributed by atoms with E-state index in [2.05, 4.69) is 10.3 Å². The first kappa shape index (κ1) is 13.2. The Morgan fingerprint density at radius 3 is 3.17 bits per heavy atom. The molecular formula is C12H17N3O2S. The number of hydrogen-bond acceptors (Lipinski definition) is 5. The van der Waals surface area contributed by atoms with Gasteiger partial charge in [-0.25, -0.2) is 0 Å². The Bertz CT molecular complexity index is 433. The average Bonchev–Trinajstić information content (AvgIpc) is 2.86. The van der Waals surface area contributed by atoms with Gasteiger partial charge in [-0.05, 0) is 12.1 Å². The fourth-order valence-electron chi connectivity index (χ4n) is 1.90. The van der Waals surface area contributed by atoms with E-state index in [-0.39, 0.29) is 5.60 Å². The van der Waals surface area contributed by atoms with Crippen molar-refractivity contribution >= 4 is 22.9 Å². The van der Waals surface area contributed by atoms with Gasteiger partial charge in [-0.3, -0.25) is 4.98 Å². The summed E-state index contributed by atoms with van der Waals surface area (Å²) in [6.07, 6.45) is 2.57. The minimum atomic E-state index is -0.243. The molecule has 1 fully saturated rings. The van der Waals surface area contributed by atoms with Crippen LogP contribution in [-0.2, 0) is 9.47 Å². The van der Waals surface area contributed by atoms with Crippen LogP contribution in [0, 0.1) is 0 Å². The molecule has 0 saturated carbocycles. The Hall–Kier alpha value is -1.24. The molecule has 0 bridgehead atoms. The highest BCUT2D eigenvalue weighted by atomic mass is 32.1. The van der Waals surface area contributed by atoms with Crippen molar-refractivity contribution in [3.63, 3.8) is 0 Å². The molecule has 0 amide bonds. The summed E-state index contributed by atoms with van der Waals surface area (Å²) in [4.78, 5) is 4.39. The number of nitrogens with zero attached hydrogens (tertiary/aromatic N) is 1. The van der Waals surface area contributed by atoms with Gasteiger partial charge in [0.05, 0.1) is 12.3 Å². The van der Waals surface area contributed by atoms with Crippen LogP contribution in [0.1, 0.15) is 12.1 Å². The van der Waals surface area contributed by atoms with E-state index in [9.17, 15) is 0 Å². The van der Waals surface area contributed by atoms with Crippen LogP contribution in [0.15, 0.2) is 18.3 Å². The Kier molecular flexibility index (Phi) is 4.11. The van der Waals surface area contributed by atoms with Gasteiger partial charge in [-0.15, -0.1) is 0 Å². The smallest absolute Gasteiger partial charge is 0.122 e. The maximum absolute atomic E-state index is 5.55. The lowest BCUT2D eigenvalue weighted by molar-refractivity contribution is -0.00619. The fourth-order valence-corrected chi connectivity index (χ4v) is 2.01. The zero-order valence-electron chi connectivity index (χ0n) is 10.3. The summed E-state index contributed by atoms with van der Waals surface area (Å²) >= 11 is 4.90. The summed E-state index contributed by atoms with van der Waals surface area (Å²) in [6.45, 7) is 2.04. The molecular weight excluding hydrogens is 250 g/mol. The molecule has 0 aliphatic carbocycles. The van der Waals surface area contributed by atoms with Crippen molar-refractivity contribution in [3.8, 4) is 0 Å². The third-order valence-corrected chi connectivity index (χ3v) is 3.34. The predicted octanol–water partition coefficient (Wildman–Crippen LogP) is 0.933. The van der Waals surface area contributed by atoms with Crippen LogP contribution in [0.3, 0.4) is 0 Å². The lowest BCUT2D eigenvalue weighted by Crippen LogP contribution is -2.39. The van der Waals surface area contributed by atoms with Crippen LogP contribution in [0.4, 0.5) is 5.69 Å². The molecule has 6 heteroatoms. The maximum atomic E-state index is 5.55. The SMILES string of the molecule is COC1(CNc2ccnc(C(N)=S)c2)CCOC1. The molecule has 1 aromatic heterocycles. The van der Waals surface area contributed by atoms with E-state index < -0.39 is 0 Å². The number of thiocarbonyl (C=S) groups is 1. The molecule has 0 spiro atoms. The zero-order valence-corrected chi connectivity index (χ0v) is 11.1. The molecule has 3 N–H and O–H groups in total. The van der Waals surface area contributed by atoms with Crippen molar-refractivity contribution in [1.82, 2.24) is 4.98 Å². The minimum Gasteiger partial charge on any atom is -0.388 e. The molecule has 0 radical (unpaired) electrons. The van der Waals surface area contributed by atoms with Crippen molar-refractivity contribution in [3.05, 3.63) is 24.0 Å². The standard InChI is InChI=1S/C12H17N3O2S/c1-16-12(3-5-17-8-12)7-15-9-2-4-14-10(6-9)11(13)18/h2,4,6H,3,5,7-8H2,1H3,(H2,13,18)(H,14,15). The second-order valence-corrected chi connectivity index (χ2v) is 4.78. The average molecular weight is 267 g/mol. The van der Waals surface area contributed by atoms with E-state index in [1.165, 1.54) is 0 Å². The Labute approximate surface area is 112 Å². The molecule has 18 heavy (non-hydrogen) atoms. The van der Waals surface area contributed by atoms with Crippen LogP contribution in [0.2, 0.25) is 0 Å². The van der Waals surface area contributed by atoms with Gasteiger partial charge in [0.2, 0.25) is 0 Å². The minimum absolute atomic E-state index is 0.243. The molecule has 2 rings (SSSR count). The molecule has 1 aliphatic rings. The number of aromatic nitrogens is 1. The first-order valence-electron chi connectivity index (χ1n) is 5.78. The molecule has 1 aliphatic heterocycles. The van der Waals surface area contributed by atoms with Crippen molar-refractivity contribution in [2.24, 2.45) is 5.73 Å². The number of nitrogens with two attached hydrogens (primary N) is 1. The highest BCUT2D eigenvalue weighted by molar-refractivity contribution is 7.80.